The van der Waals surface area contributed by atoms with Gasteiger partial charge in [0.2, 0.25) is 0 Å². The number of hydrogen-bond acceptors (Lipinski definition) is 2. The second-order valence-corrected chi connectivity index (χ2v) is 5.27. The molecule has 0 unspecified atom stereocenters. The van der Waals surface area contributed by atoms with Crippen LogP contribution in [0.2, 0.25) is 10.0 Å². The molecule has 12 heteroatoms. The van der Waals surface area contributed by atoms with Gasteiger partial charge in [0.05, 0.1) is 21.3 Å². The highest BCUT2D eigenvalue weighted by molar-refractivity contribution is 6.38. The summed E-state index contributed by atoms with van der Waals surface area (Å²) in [6, 6.07) is 0.819. The van der Waals surface area contributed by atoms with Gasteiger partial charge in [-0.3, -0.25) is 9.36 Å². The van der Waals surface area contributed by atoms with E-state index in [2.05, 4.69) is 4.98 Å². The van der Waals surface area contributed by atoms with Gasteiger partial charge in [0.25, 0.3) is 5.91 Å². The van der Waals surface area contributed by atoms with E-state index in [1.807, 2.05) is 0 Å². The lowest BCUT2D eigenvalue weighted by molar-refractivity contribution is -0.142. The molecule has 2 N–H and O–H groups in total. The molecule has 0 fully saturated rings. The van der Waals surface area contributed by atoms with Crippen LogP contribution in [0.5, 0.6) is 0 Å². The fraction of sp³-hybridized carbons (Fsp3) is 0.167. The van der Waals surface area contributed by atoms with Crippen LogP contribution in [0.4, 0.5) is 26.3 Å². The molecule has 24 heavy (non-hydrogen) atoms. The number of aromatic nitrogens is 2. The van der Waals surface area contributed by atoms with Crippen LogP contribution in [-0.2, 0) is 12.4 Å². The molecule has 2 aromatic rings. The van der Waals surface area contributed by atoms with Crippen molar-refractivity contribution in [3.05, 3.63) is 45.5 Å². The van der Waals surface area contributed by atoms with Gasteiger partial charge in [0, 0.05) is 0 Å². The molecule has 4 nitrogen and oxygen atoms in total. The van der Waals surface area contributed by atoms with Gasteiger partial charge >= 0.3 is 12.4 Å². The first-order valence-corrected chi connectivity index (χ1v) is 6.60. The van der Waals surface area contributed by atoms with Crippen molar-refractivity contribution < 1.29 is 31.1 Å². The first-order chi connectivity index (χ1) is 10.8. The highest BCUT2D eigenvalue weighted by atomic mass is 35.5. The molecular weight excluding hydrogens is 387 g/mol. The van der Waals surface area contributed by atoms with Gasteiger partial charge in [-0.25, -0.2) is 4.98 Å². The first-order valence-electron chi connectivity index (χ1n) is 5.85. The summed E-state index contributed by atoms with van der Waals surface area (Å²) in [6.45, 7) is 0. The van der Waals surface area contributed by atoms with Crippen LogP contribution in [0.15, 0.2) is 18.5 Å². The zero-order valence-corrected chi connectivity index (χ0v) is 12.6. The SMILES string of the molecule is NC(=O)c1ncn(-c2c(Cl)cc(C(F)(F)F)cc2Cl)c1C(F)(F)F. The molecule has 0 atom stereocenters. The van der Waals surface area contributed by atoms with Crippen LogP contribution < -0.4 is 5.73 Å². The van der Waals surface area contributed by atoms with Crippen molar-refractivity contribution in [2.45, 2.75) is 12.4 Å². The zero-order valence-electron chi connectivity index (χ0n) is 11.1. The van der Waals surface area contributed by atoms with Gasteiger partial charge in [-0.15, -0.1) is 0 Å². The van der Waals surface area contributed by atoms with Crippen molar-refractivity contribution in [3.8, 4) is 5.69 Å². The molecule has 0 aliphatic carbocycles. The number of carbonyl (C=O) groups is 1. The number of imidazole rings is 1. The lowest BCUT2D eigenvalue weighted by Crippen LogP contribution is -2.21. The summed E-state index contributed by atoms with van der Waals surface area (Å²) >= 11 is 11.3. The fourth-order valence-electron chi connectivity index (χ4n) is 1.93. The summed E-state index contributed by atoms with van der Waals surface area (Å²) in [4.78, 5) is 14.3. The second kappa shape index (κ2) is 5.85. The van der Waals surface area contributed by atoms with E-state index in [1.54, 1.807) is 0 Å². The van der Waals surface area contributed by atoms with E-state index >= 15 is 0 Å². The topological polar surface area (TPSA) is 60.9 Å². The normalized spacial score (nSPS) is 12.5. The number of alkyl halides is 6. The number of amides is 1. The molecule has 0 radical (unpaired) electrons. The number of primary amides is 1. The Bertz CT molecular complexity index is 789. The smallest absolute Gasteiger partial charge is 0.364 e. The van der Waals surface area contributed by atoms with Crippen molar-refractivity contribution in [2.75, 3.05) is 0 Å². The molecular formula is C12H5Cl2F6N3O. The summed E-state index contributed by atoms with van der Waals surface area (Å²) in [5, 5.41) is -1.43. The summed E-state index contributed by atoms with van der Waals surface area (Å²) < 4.78 is 77.9. The minimum absolute atomic E-state index is 0.269. The minimum atomic E-state index is -5.09. The molecule has 0 saturated heterocycles. The number of nitrogens with two attached hydrogens (primary N) is 1. The van der Waals surface area contributed by atoms with Crippen molar-refractivity contribution in [1.82, 2.24) is 9.55 Å². The third-order valence-electron chi connectivity index (χ3n) is 2.85. The van der Waals surface area contributed by atoms with Gasteiger partial charge in [-0.1, -0.05) is 23.2 Å². The average Bonchev–Trinajstić information content (AvgIpc) is 2.81. The van der Waals surface area contributed by atoms with Gasteiger partial charge in [-0.05, 0) is 12.1 Å². The largest absolute Gasteiger partial charge is 0.434 e. The van der Waals surface area contributed by atoms with Crippen molar-refractivity contribution >= 4 is 29.1 Å². The van der Waals surface area contributed by atoms with E-state index < -0.39 is 50.9 Å². The Balaban J connectivity index is 2.77. The second-order valence-electron chi connectivity index (χ2n) is 4.46. The quantitative estimate of drug-likeness (QED) is 0.775. The summed E-state index contributed by atoms with van der Waals surface area (Å²) in [6.07, 6.45) is -9.34. The summed E-state index contributed by atoms with van der Waals surface area (Å²) in [5.41, 5.74) is 0.258. The Morgan fingerprint density at radius 2 is 1.54 bits per heavy atom. The minimum Gasteiger partial charge on any atom is -0.364 e. The molecule has 1 aromatic heterocycles. The van der Waals surface area contributed by atoms with E-state index in [-0.39, 0.29) is 4.57 Å². The van der Waals surface area contributed by atoms with E-state index in [4.69, 9.17) is 28.9 Å². The Hall–Kier alpha value is -1.94. The third kappa shape index (κ3) is 3.29. The molecule has 1 aromatic carbocycles. The number of benzene rings is 1. The molecule has 1 amide bonds. The molecule has 0 bridgehead atoms. The molecule has 0 saturated carbocycles. The monoisotopic (exact) mass is 391 g/mol. The Kier molecular flexibility index (Phi) is 4.49. The van der Waals surface area contributed by atoms with Gasteiger partial charge in [0.15, 0.2) is 11.4 Å². The van der Waals surface area contributed by atoms with E-state index in [0.717, 1.165) is 0 Å². The average molecular weight is 392 g/mol. The van der Waals surface area contributed by atoms with Crippen LogP contribution >= 0.6 is 23.2 Å². The number of carbonyl (C=O) groups excluding carboxylic acids is 1. The van der Waals surface area contributed by atoms with Crippen molar-refractivity contribution in [2.24, 2.45) is 5.73 Å². The number of nitrogens with zero attached hydrogens (tertiary/aromatic N) is 2. The third-order valence-corrected chi connectivity index (χ3v) is 3.43. The molecule has 0 aliphatic rings. The van der Waals surface area contributed by atoms with Gasteiger partial charge < -0.3 is 5.73 Å². The molecule has 0 spiro atoms. The fourth-order valence-corrected chi connectivity index (χ4v) is 2.60. The predicted molar refractivity (Wildman–Crippen MR) is 72.1 cm³/mol. The highest BCUT2D eigenvalue weighted by Crippen LogP contribution is 2.40. The highest BCUT2D eigenvalue weighted by Gasteiger charge is 2.41. The molecule has 130 valence electrons. The van der Waals surface area contributed by atoms with Gasteiger partial charge in [0.1, 0.15) is 6.33 Å². The maximum Gasteiger partial charge on any atom is 0.434 e. The number of hydrogen-bond donors (Lipinski definition) is 1. The predicted octanol–water partition coefficient (Wildman–Crippen LogP) is 4.32. The summed E-state index contributed by atoms with van der Waals surface area (Å²) in [5.74, 6) is -1.47. The standard InChI is InChI=1S/C12H5Cl2F6N3O/c13-5-1-4(11(15,16)17)2-6(14)8(5)23-3-22-7(10(21)24)9(23)12(18,19)20/h1-3H,(H2,21,24). The van der Waals surface area contributed by atoms with Crippen LogP contribution in [0, 0.1) is 0 Å². The first kappa shape index (κ1) is 18.4. The maximum atomic E-state index is 13.2. The Labute approximate surface area is 139 Å². The molecule has 2 rings (SSSR count). The Morgan fingerprint density at radius 1 is 1.04 bits per heavy atom. The van der Waals surface area contributed by atoms with Gasteiger partial charge in [-0.2, -0.15) is 26.3 Å². The van der Waals surface area contributed by atoms with Crippen LogP contribution in [0.1, 0.15) is 21.7 Å². The summed E-state index contributed by atoms with van der Waals surface area (Å²) in [7, 11) is 0. The van der Waals surface area contributed by atoms with Crippen LogP contribution in [-0.4, -0.2) is 15.5 Å². The maximum absolute atomic E-state index is 13.2. The van der Waals surface area contributed by atoms with Crippen molar-refractivity contribution in [3.63, 3.8) is 0 Å². The van der Waals surface area contributed by atoms with E-state index in [0.29, 0.717) is 18.5 Å². The number of halogens is 8. The van der Waals surface area contributed by atoms with Crippen LogP contribution in [0.3, 0.4) is 0 Å². The van der Waals surface area contributed by atoms with Crippen LogP contribution in [0.25, 0.3) is 5.69 Å². The lowest BCUT2D eigenvalue weighted by atomic mass is 10.2. The number of rotatable bonds is 2. The Morgan fingerprint density at radius 3 is 1.92 bits per heavy atom. The van der Waals surface area contributed by atoms with E-state index in [1.165, 1.54) is 0 Å². The zero-order chi connectivity index (χ0) is 18.4. The molecule has 1 heterocycles. The van der Waals surface area contributed by atoms with Crippen molar-refractivity contribution in [1.29, 1.82) is 0 Å². The van der Waals surface area contributed by atoms with E-state index in [9.17, 15) is 31.1 Å². The lowest BCUT2D eigenvalue weighted by Gasteiger charge is -2.16. The molecule has 0 aliphatic heterocycles.